The average molecular weight is 392 g/mol. The van der Waals surface area contributed by atoms with Gasteiger partial charge in [-0.3, -0.25) is 9.59 Å². The lowest BCUT2D eigenvalue weighted by Crippen LogP contribution is -2.39. The molecule has 0 unspecified atom stereocenters. The third-order valence-corrected chi connectivity index (χ3v) is 5.21. The van der Waals surface area contributed by atoms with E-state index in [4.69, 9.17) is 4.42 Å². The van der Waals surface area contributed by atoms with E-state index in [0.717, 1.165) is 45.3 Å². The minimum absolute atomic E-state index is 0.0366. The van der Waals surface area contributed by atoms with Gasteiger partial charge in [0, 0.05) is 23.2 Å². The highest BCUT2D eigenvalue weighted by Gasteiger charge is 2.19. The molecule has 1 N–H and O–H groups in total. The first-order chi connectivity index (χ1) is 13.9. The largest absolute Gasteiger partial charge is 0.464 e. The number of nitrogens with one attached hydrogen (secondary N) is 1. The lowest BCUT2D eigenvalue weighted by Gasteiger charge is -2.22. The number of anilines is 1. The van der Waals surface area contributed by atoms with Crippen LogP contribution in [0.2, 0.25) is 0 Å². The molecule has 0 spiro atoms. The number of rotatable bonds is 7. The molecule has 0 fully saturated rings. The van der Waals surface area contributed by atoms with Gasteiger partial charge in [0.15, 0.2) is 0 Å². The fourth-order valence-electron chi connectivity index (χ4n) is 3.39. The first-order valence-electron chi connectivity index (χ1n) is 9.99. The number of carbonyl (C=O) groups excluding carboxylic acids is 2. The summed E-state index contributed by atoms with van der Waals surface area (Å²) < 4.78 is 5.65. The Bertz CT molecular complexity index is 1040. The van der Waals surface area contributed by atoms with Crippen molar-refractivity contribution >= 4 is 28.5 Å². The number of hydrogen-bond acceptors (Lipinski definition) is 3. The topological polar surface area (TPSA) is 62.6 Å². The van der Waals surface area contributed by atoms with Crippen molar-refractivity contribution in [2.24, 2.45) is 0 Å². The molecule has 1 aromatic heterocycles. The van der Waals surface area contributed by atoms with E-state index in [1.54, 1.807) is 11.2 Å². The van der Waals surface area contributed by atoms with Gasteiger partial charge in [-0.1, -0.05) is 25.1 Å². The Balaban J connectivity index is 1.72. The van der Waals surface area contributed by atoms with E-state index in [9.17, 15) is 9.59 Å². The highest BCUT2D eigenvalue weighted by Crippen LogP contribution is 2.25. The predicted octanol–water partition coefficient (Wildman–Crippen LogP) is 4.78. The highest BCUT2D eigenvalue weighted by molar-refractivity contribution is 5.96. The summed E-state index contributed by atoms with van der Waals surface area (Å²) in [6, 6.07) is 11.7. The number of benzene rings is 2. The summed E-state index contributed by atoms with van der Waals surface area (Å²) in [5.41, 5.74) is 5.72. The number of hydrogen-bond donors (Lipinski definition) is 1. The van der Waals surface area contributed by atoms with Crippen LogP contribution in [0.25, 0.3) is 11.0 Å². The standard InChI is InChI=1S/C24H28N2O3/c1-5-10-26(14-23(27)25-21-9-7-6-8-16(21)2)24(28)13-19-15-29-22-12-18(4)17(3)11-20(19)22/h6-9,11-12,15H,5,10,13-14H2,1-4H3,(H,25,27). The molecule has 0 aliphatic carbocycles. The van der Waals surface area contributed by atoms with Gasteiger partial charge in [-0.25, -0.2) is 0 Å². The van der Waals surface area contributed by atoms with Gasteiger partial charge in [0.25, 0.3) is 0 Å². The number of para-hydroxylation sites is 1. The van der Waals surface area contributed by atoms with Crippen LogP contribution in [-0.2, 0) is 16.0 Å². The van der Waals surface area contributed by atoms with Crippen molar-refractivity contribution in [2.75, 3.05) is 18.4 Å². The first kappa shape index (κ1) is 20.6. The maximum absolute atomic E-state index is 13.0. The van der Waals surface area contributed by atoms with E-state index in [2.05, 4.69) is 11.4 Å². The Hall–Kier alpha value is -3.08. The molecule has 3 aromatic rings. The van der Waals surface area contributed by atoms with Crippen LogP contribution in [0.3, 0.4) is 0 Å². The third kappa shape index (κ3) is 4.86. The second-order valence-corrected chi connectivity index (χ2v) is 7.55. The second kappa shape index (κ2) is 8.95. The highest BCUT2D eigenvalue weighted by atomic mass is 16.3. The van der Waals surface area contributed by atoms with Crippen molar-refractivity contribution in [1.82, 2.24) is 4.90 Å². The Kier molecular flexibility index (Phi) is 6.37. The minimum atomic E-state index is -0.190. The van der Waals surface area contributed by atoms with E-state index in [-0.39, 0.29) is 24.8 Å². The summed E-state index contributed by atoms with van der Waals surface area (Å²) in [6.45, 7) is 8.60. The quantitative estimate of drug-likeness (QED) is 0.629. The van der Waals surface area contributed by atoms with Crippen molar-refractivity contribution in [3.63, 3.8) is 0 Å². The van der Waals surface area contributed by atoms with Crippen LogP contribution in [0.5, 0.6) is 0 Å². The molecule has 0 atom stereocenters. The first-order valence-corrected chi connectivity index (χ1v) is 9.99. The number of carbonyl (C=O) groups is 2. The van der Waals surface area contributed by atoms with Crippen LogP contribution < -0.4 is 5.32 Å². The minimum Gasteiger partial charge on any atom is -0.464 e. The summed E-state index contributed by atoms with van der Waals surface area (Å²) in [6.07, 6.45) is 2.65. The number of aryl methyl sites for hydroxylation is 3. The lowest BCUT2D eigenvalue weighted by molar-refractivity contribution is -0.134. The van der Waals surface area contributed by atoms with Crippen molar-refractivity contribution < 1.29 is 14.0 Å². The van der Waals surface area contributed by atoms with Crippen LogP contribution in [0.4, 0.5) is 5.69 Å². The van der Waals surface area contributed by atoms with Crippen LogP contribution in [0.15, 0.2) is 47.1 Å². The summed E-state index contributed by atoms with van der Waals surface area (Å²) in [5, 5.41) is 3.87. The van der Waals surface area contributed by atoms with E-state index >= 15 is 0 Å². The normalized spacial score (nSPS) is 10.9. The van der Waals surface area contributed by atoms with Gasteiger partial charge in [-0.15, -0.1) is 0 Å². The lowest BCUT2D eigenvalue weighted by atomic mass is 10.0. The zero-order valence-corrected chi connectivity index (χ0v) is 17.5. The molecule has 152 valence electrons. The zero-order chi connectivity index (χ0) is 21.0. The number of amides is 2. The number of fused-ring (bicyclic) bond motifs is 1. The summed E-state index contributed by atoms with van der Waals surface area (Å²) in [7, 11) is 0. The van der Waals surface area contributed by atoms with E-state index < -0.39 is 0 Å². The molecule has 5 nitrogen and oxygen atoms in total. The Morgan fingerprint density at radius 3 is 2.48 bits per heavy atom. The van der Waals surface area contributed by atoms with Crippen LogP contribution in [0, 0.1) is 20.8 Å². The smallest absolute Gasteiger partial charge is 0.244 e. The average Bonchev–Trinajstić information content (AvgIpc) is 3.05. The fraction of sp³-hybridized carbons (Fsp3) is 0.333. The molecule has 2 aromatic carbocycles. The van der Waals surface area contributed by atoms with Gasteiger partial charge in [-0.2, -0.15) is 0 Å². The van der Waals surface area contributed by atoms with Crippen molar-refractivity contribution in [3.8, 4) is 0 Å². The van der Waals surface area contributed by atoms with E-state index in [1.165, 1.54) is 0 Å². The second-order valence-electron chi connectivity index (χ2n) is 7.55. The van der Waals surface area contributed by atoms with Gasteiger partial charge < -0.3 is 14.6 Å². The molecule has 2 amide bonds. The fourth-order valence-corrected chi connectivity index (χ4v) is 3.39. The van der Waals surface area contributed by atoms with Gasteiger partial charge in [0.2, 0.25) is 11.8 Å². The van der Waals surface area contributed by atoms with Crippen LogP contribution >= 0.6 is 0 Å². The monoisotopic (exact) mass is 392 g/mol. The molecule has 0 saturated heterocycles. The molecule has 29 heavy (non-hydrogen) atoms. The summed E-state index contributed by atoms with van der Waals surface area (Å²) in [4.78, 5) is 27.1. The predicted molar refractivity (Wildman–Crippen MR) is 116 cm³/mol. The Labute approximate surface area is 171 Å². The van der Waals surface area contributed by atoms with Gasteiger partial charge >= 0.3 is 0 Å². The molecule has 3 rings (SSSR count). The molecule has 5 heteroatoms. The molecule has 0 aliphatic heterocycles. The summed E-state index contributed by atoms with van der Waals surface area (Å²) >= 11 is 0. The Morgan fingerprint density at radius 1 is 1.03 bits per heavy atom. The SMILES string of the molecule is CCCN(CC(=O)Nc1ccccc1C)C(=O)Cc1coc2cc(C)c(C)cc12. The number of nitrogens with zero attached hydrogens (tertiary/aromatic N) is 1. The van der Waals surface area contributed by atoms with Gasteiger partial charge in [0.1, 0.15) is 5.58 Å². The zero-order valence-electron chi connectivity index (χ0n) is 17.5. The van der Waals surface area contributed by atoms with E-state index in [0.29, 0.717) is 6.54 Å². The molecule has 0 aliphatic rings. The molecule has 0 radical (unpaired) electrons. The van der Waals surface area contributed by atoms with Crippen molar-refractivity contribution in [1.29, 1.82) is 0 Å². The maximum Gasteiger partial charge on any atom is 0.244 e. The van der Waals surface area contributed by atoms with E-state index in [1.807, 2.05) is 58.0 Å². The molecular weight excluding hydrogens is 364 g/mol. The Morgan fingerprint density at radius 2 is 1.76 bits per heavy atom. The van der Waals surface area contributed by atoms with Crippen molar-refractivity contribution in [2.45, 2.75) is 40.5 Å². The van der Waals surface area contributed by atoms with Crippen LogP contribution in [-0.4, -0.2) is 29.8 Å². The van der Waals surface area contributed by atoms with Gasteiger partial charge in [-0.05, 0) is 62.1 Å². The summed E-state index contributed by atoms with van der Waals surface area (Å²) in [5.74, 6) is -0.266. The molecule has 0 bridgehead atoms. The maximum atomic E-state index is 13.0. The molecular formula is C24H28N2O3. The molecule has 0 saturated carbocycles. The van der Waals surface area contributed by atoms with Crippen molar-refractivity contribution in [3.05, 3.63) is 64.9 Å². The molecule has 1 heterocycles. The van der Waals surface area contributed by atoms with Gasteiger partial charge in [0.05, 0.1) is 19.2 Å². The number of furan rings is 1. The van der Waals surface area contributed by atoms with Crippen LogP contribution in [0.1, 0.15) is 35.6 Å². The third-order valence-electron chi connectivity index (χ3n) is 5.21.